The van der Waals surface area contributed by atoms with Gasteiger partial charge in [-0.1, -0.05) is 34.6 Å². The number of nitrogens with one attached hydrogen (secondary N) is 3. The maximum atomic E-state index is 13.8. The number of nitrogens with zero attached hydrogens (tertiary/aromatic N) is 2. The average Bonchev–Trinajstić information content (AvgIpc) is 3.49. The molecule has 0 aromatic carbocycles. The Balaban J connectivity index is 1.52. The van der Waals surface area contributed by atoms with Crippen LogP contribution in [0.2, 0.25) is 0 Å². The number of hydrogen-bond donors (Lipinski definition) is 3. The molecule has 3 amide bonds. The van der Waals surface area contributed by atoms with Gasteiger partial charge in [0.15, 0.2) is 0 Å². The largest absolute Gasteiger partial charge is 0.406 e. The summed E-state index contributed by atoms with van der Waals surface area (Å²) in [6.07, 6.45) is -1.93. The predicted octanol–water partition coefficient (Wildman–Crippen LogP) is 2.88. The molecule has 2 saturated heterocycles. The van der Waals surface area contributed by atoms with Crippen molar-refractivity contribution in [3.63, 3.8) is 0 Å². The van der Waals surface area contributed by atoms with Crippen molar-refractivity contribution in [2.45, 2.75) is 110 Å². The summed E-state index contributed by atoms with van der Waals surface area (Å²) in [5, 5.41) is 18.1. The van der Waals surface area contributed by atoms with E-state index < -0.39 is 47.1 Å². The van der Waals surface area contributed by atoms with E-state index in [2.05, 4.69) is 22.0 Å². The second-order valence-electron chi connectivity index (χ2n) is 14.1. The number of alkyl halides is 3. The highest BCUT2D eigenvalue weighted by Crippen LogP contribution is 2.65. The summed E-state index contributed by atoms with van der Waals surface area (Å²) in [6, 6.07) is -0.917. The van der Waals surface area contributed by atoms with Gasteiger partial charge in [0.05, 0.1) is 12.1 Å². The lowest BCUT2D eigenvalue weighted by Crippen LogP contribution is -2.65. The molecular formula is C27H40F3N5O3. The van der Waals surface area contributed by atoms with Crippen LogP contribution in [-0.4, -0.2) is 64.5 Å². The molecule has 2 aliphatic carbocycles. The summed E-state index contributed by atoms with van der Waals surface area (Å²) >= 11 is 0. The molecule has 4 fully saturated rings. The van der Waals surface area contributed by atoms with Crippen molar-refractivity contribution in [3.8, 4) is 6.07 Å². The fourth-order valence-corrected chi connectivity index (χ4v) is 6.41. The summed E-state index contributed by atoms with van der Waals surface area (Å²) in [4.78, 5) is 41.2. The minimum Gasteiger partial charge on any atom is -0.350 e. The zero-order chi connectivity index (χ0) is 28.6. The first-order valence-corrected chi connectivity index (χ1v) is 13.4. The molecule has 2 aliphatic heterocycles. The normalized spacial score (nSPS) is 30.8. The lowest BCUT2D eigenvalue weighted by atomic mass is 9.83. The van der Waals surface area contributed by atoms with E-state index in [0.717, 1.165) is 26.7 Å². The second kappa shape index (κ2) is 8.83. The van der Waals surface area contributed by atoms with Crippen LogP contribution >= 0.6 is 0 Å². The summed E-state index contributed by atoms with van der Waals surface area (Å²) in [6.45, 7) is 11.3. The Morgan fingerprint density at radius 1 is 1.18 bits per heavy atom. The van der Waals surface area contributed by atoms with Crippen molar-refractivity contribution >= 4 is 17.7 Å². The lowest BCUT2D eigenvalue weighted by molar-refractivity contribution is -0.191. The van der Waals surface area contributed by atoms with Gasteiger partial charge in [0.25, 0.3) is 0 Å². The molecule has 8 nitrogen and oxygen atoms in total. The Bertz CT molecular complexity index is 1050. The van der Waals surface area contributed by atoms with Gasteiger partial charge in [-0.15, -0.1) is 0 Å². The molecular weight excluding hydrogens is 499 g/mol. The number of carbonyl (C=O) groups is 3. The Morgan fingerprint density at radius 3 is 2.26 bits per heavy atom. The second-order valence-corrected chi connectivity index (χ2v) is 14.1. The van der Waals surface area contributed by atoms with Crippen LogP contribution in [0.3, 0.4) is 0 Å². The third-order valence-corrected chi connectivity index (χ3v) is 9.33. The third kappa shape index (κ3) is 5.01. The number of carbonyl (C=O) groups excluding carboxylic acids is 3. The molecule has 38 heavy (non-hydrogen) atoms. The van der Waals surface area contributed by atoms with Crippen LogP contribution in [0, 0.1) is 39.9 Å². The van der Waals surface area contributed by atoms with Crippen molar-refractivity contribution in [2.24, 2.45) is 28.6 Å². The molecule has 3 N–H and O–H groups in total. The van der Waals surface area contributed by atoms with Gasteiger partial charge in [0.2, 0.25) is 17.7 Å². The van der Waals surface area contributed by atoms with Crippen LogP contribution in [0.15, 0.2) is 0 Å². The van der Waals surface area contributed by atoms with Crippen molar-refractivity contribution < 1.29 is 27.6 Å². The molecule has 0 radical (unpaired) electrons. The van der Waals surface area contributed by atoms with E-state index >= 15 is 0 Å². The van der Waals surface area contributed by atoms with Crippen LogP contribution in [0.25, 0.3) is 0 Å². The molecule has 4 aliphatic rings. The number of nitriles is 1. The molecule has 1 spiro atoms. The molecule has 6 atom stereocenters. The molecule has 212 valence electrons. The molecule has 2 saturated carbocycles. The molecule has 11 heteroatoms. The zero-order valence-corrected chi connectivity index (χ0v) is 23.3. The minimum absolute atomic E-state index is 0.0364. The Labute approximate surface area is 222 Å². The van der Waals surface area contributed by atoms with Gasteiger partial charge < -0.3 is 15.5 Å². The Hall–Kier alpha value is -2.35. The number of likely N-dealkylation sites (tertiary alicyclic amines) is 1. The first-order valence-electron chi connectivity index (χ1n) is 13.4. The highest BCUT2D eigenvalue weighted by atomic mass is 19.4. The zero-order valence-electron chi connectivity index (χ0n) is 23.3. The van der Waals surface area contributed by atoms with Gasteiger partial charge >= 0.3 is 6.18 Å². The van der Waals surface area contributed by atoms with Crippen LogP contribution in [0.4, 0.5) is 13.2 Å². The smallest absolute Gasteiger partial charge is 0.350 e. The molecule has 0 bridgehead atoms. The number of piperidine rings is 1. The van der Waals surface area contributed by atoms with Gasteiger partial charge in [0.1, 0.15) is 17.6 Å². The van der Waals surface area contributed by atoms with Crippen molar-refractivity contribution in [1.82, 2.24) is 20.9 Å². The van der Waals surface area contributed by atoms with Crippen molar-refractivity contribution in [3.05, 3.63) is 0 Å². The quantitative estimate of drug-likeness (QED) is 0.460. The van der Waals surface area contributed by atoms with E-state index in [1.807, 2.05) is 13.8 Å². The number of halogens is 3. The van der Waals surface area contributed by atoms with E-state index in [0.29, 0.717) is 6.42 Å². The van der Waals surface area contributed by atoms with Crippen LogP contribution in [-0.2, 0) is 14.4 Å². The number of rotatable bonds is 7. The van der Waals surface area contributed by atoms with E-state index in [1.54, 1.807) is 20.8 Å². The van der Waals surface area contributed by atoms with Gasteiger partial charge in [-0.05, 0) is 62.2 Å². The van der Waals surface area contributed by atoms with Crippen molar-refractivity contribution in [1.29, 1.82) is 5.26 Å². The van der Waals surface area contributed by atoms with E-state index in [1.165, 1.54) is 4.90 Å². The molecule has 0 aromatic heterocycles. The predicted molar refractivity (Wildman–Crippen MR) is 133 cm³/mol. The Kier molecular flexibility index (Phi) is 6.66. The number of amides is 3. The van der Waals surface area contributed by atoms with E-state index in [4.69, 9.17) is 0 Å². The first-order chi connectivity index (χ1) is 17.2. The van der Waals surface area contributed by atoms with Gasteiger partial charge in [-0.3, -0.25) is 19.7 Å². The fourth-order valence-electron chi connectivity index (χ4n) is 6.41. The fraction of sp³-hybridized carbons (Fsp3) is 0.852. The highest BCUT2D eigenvalue weighted by molar-refractivity contribution is 5.92. The van der Waals surface area contributed by atoms with Crippen molar-refractivity contribution in [2.75, 3.05) is 6.54 Å². The number of hydrogen-bond acceptors (Lipinski definition) is 5. The maximum absolute atomic E-state index is 13.8. The molecule has 4 rings (SSSR count). The average molecular weight is 540 g/mol. The molecule has 0 aromatic rings. The lowest BCUT2D eigenvalue weighted by Gasteiger charge is -2.42. The Morgan fingerprint density at radius 2 is 1.79 bits per heavy atom. The topological polar surface area (TPSA) is 114 Å². The SMILES string of the molecule is CC(C)(C)[C@H](NC(C)(C)C(F)(F)F)C(=O)N1C[C@H]2[C@@H]([C@H]1C(=O)N[C@H](C#N)C[C@@H]1CC3(CC3)NC1=O)C2(C)C. The highest BCUT2D eigenvalue weighted by Gasteiger charge is 2.70. The van der Waals surface area contributed by atoms with Gasteiger partial charge in [-0.2, -0.15) is 18.4 Å². The summed E-state index contributed by atoms with van der Waals surface area (Å²) in [7, 11) is 0. The summed E-state index contributed by atoms with van der Waals surface area (Å²) < 4.78 is 41.1. The standard InChI is InChI=1S/C27H40F3N5O3/c1-23(2,3)19(33-25(6,7)27(28,29)30)22(38)35-13-16-17(24(16,4)5)18(35)21(37)32-15(12-31)10-14-11-26(8-9-26)34-20(14)36/h14-19,33H,8-11,13H2,1-7H3,(H,32,37)(H,34,36)/t14-,15+,16+,17+,18+,19-/m1/s1. The monoisotopic (exact) mass is 539 g/mol. The van der Waals surface area contributed by atoms with Crippen LogP contribution in [0.5, 0.6) is 0 Å². The summed E-state index contributed by atoms with van der Waals surface area (Å²) in [5.74, 6) is -1.65. The van der Waals surface area contributed by atoms with Crippen LogP contribution < -0.4 is 16.0 Å². The third-order valence-electron chi connectivity index (χ3n) is 9.33. The van der Waals surface area contributed by atoms with Crippen LogP contribution in [0.1, 0.15) is 74.1 Å². The molecule has 2 heterocycles. The summed E-state index contributed by atoms with van der Waals surface area (Å²) in [5.41, 5.74) is -3.55. The van der Waals surface area contributed by atoms with E-state index in [9.17, 15) is 32.8 Å². The minimum atomic E-state index is -4.59. The van der Waals surface area contributed by atoms with Gasteiger partial charge in [-0.25, -0.2) is 0 Å². The van der Waals surface area contributed by atoms with Gasteiger partial charge in [0, 0.05) is 18.0 Å². The van der Waals surface area contributed by atoms with E-state index in [-0.39, 0.29) is 47.6 Å². The number of fused-ring (bicyclic) bond motifs is 1. The molecule has 0 unspecified atom stereocenters. The maximum Gasteiger partial charge on any atom is 0.406 e. The first kappa shape index (κ1) is 28.7.